The van der Waals surface area contributed by atoms with Gasteiger partial charge in [0.1, 0.15) is 4.88 Å². The van der Waals surface area contributed by atoms with Gasteiger partial charge in [-0.1, -0.05) is 35.9 Å². The van der Waals surface area contributed by atoms with Gasteiger partial charge in [-0.3, -0.25) is 9.63 Å². The van der Waals surface area contributed by atoms with Crippen LogP contribution in [0, 0.1) is 6.92 Å². The molecule has 0 aliphatic heterocycles. The molecule has 0 saturated heterocycles. The molecule has 0 aliphatic rings. The predicted octanol–water partition coefficient (Wildman–Crippen LogP) is 5.90. The van der Waals surface area contributed by atoms with Crippen molar-refractivity contribution < 1.29 is 9.63 Å². The number of aliphatic imine (C=N–C) groups is 1. The first kappa shape index (κ1) is 22.0. The predicted molar refractivity (Wildman–Crippen MR) is 126 cm³/mol. The van der Waals surface area contributed by atoms with Crippen LogP contribution in [0.5, 0.6) is 0 Å². The maximum atomic E-state index is 13.0. The van der Waals surface area contributed by atoms with Crippen molar-refractivity contribution in [3.8, 4) is 21.6 Å². The van der Waals surface area contributed by atoms with Gasteiger partial charge in [-0.2, -0.15) is 0 Å². The van der Waals surface area contributed by atoms with Crippen LogP contribution in [-0.4, -0.2) is 50.5 Å². The van der Waals surface area contributed by atoms with E-state index < -0.39 is 0 Å². The topological polar surface area (TPSA) is 45.1 Å². The van der Waals surface area contributed by atoms with E-state index in [0.29, 0.717) is 9.90 Å². The van der Waals surface area contributed by atoms with E-state index >= 15 is 0 Å². The lowest BCUT2D eigenvalue weighted by Gasteiger charge is -2.14. The number of hydroxylamine groups is 2. The largest absolute Gasteiger partial charge is 0.369 e. The van der Waals surface area contributed by atoms with E-state index in [1.807, 2.05) is 74.4 Å². The number of hydrogen-bond acceptors (Lipinski definition) is 4. The molecular formula is C23H24ClN3O2S. The minimum atomic E-state index is -0.185. The number of nitrogens with zero attached hydrogens (tertiary/aromatic N) is 3. The molecule has 1 amide bonds. The van der Waals surface area contributed by atoms with Crippen molar-refractivity contribution in [2.45, 2.75) is 6.92 Å². The van der Waals surface area contributed by atoms with E-state index in [9.17, 15) is 4.79 Å². The summed E-state index contributed by atoms with van der Waals surface area (Å²) in [5, 5.41) is 1.92. The Morgan fingerprint density at radius 2 is 1.63 bits per heavy atom. The molecule has 2 aromatic carbocycles. The first-order valence-electron chi connectivity index (χ1n) is 9.34. The monoisotopic (exact) mass is 441 g/mol. The summed E-state index contributed by atoms with van der Waals surface area (Å²) >= 11 is 7.51. The molecule has 0 fully saturated rings. The molecule has 0 radical (unpaired) electrons. The first-order valence-corrected chi connectivity index (χ1v) is 10.5. The second kappa shape index (κ2) is 9.43. The minimum Gasteiger partial charge on any atom is -0.369 e. The zero-order valence-electron chi connectivity index (χ0n) is 17.6. The molecule has 7 heteroatoms. The maximum Gasteiger partial charge on any atom is 0.287 e. The van der Waals surface area contributed by atoms with Crippen LogP contribution in [0.4, 0.5) is 5.69 Å². The fourth-order valence-corrected chi connectivity index (χ4v) is 4.44. The number of benzene rings is 2. The highest BCUT2D eigenvalue weighted by Gasteiger charge is 2.25. The van der Waals surface area contributed by atoms with Gasteiger partial charge in [0.05, 0.1) is 19.1 Å². The first-order chi connectivity index (χ1) is 14.3. The van der Waals surface area contributed by atoms with Crippen molar-refractivity contribution in [1.29, 1.82) is 0 Å². The van der Waals surface area contributed by atoms with E-state index in [1.165, 1.54) is 23.5 Å². The van der Waals surface area contributed by atoms with Crippen LogP contribution in [0.2, 0.25) is 5.02 Å². The van der Waals surface area contributed by atoms with Gasteiger partial charge < -0.3 is 4.90 Å². The van der Waals surface area contributed by atoms with Crippen LogP contribution >= 0.6 is 22.9 Å². The SMILES string of the molecule is CON(C)C(=O)c1sc(-c2ccc(Cl)cc2)c(C)c1-c1ccc(N=CN(C)C)cc1. The highest BCUT2D eigenvalue weighted by molar-refractivity contribution is 7.18. The highest BCUT2D eigenvalue weighted by Crippen LogP contribution is 2.43. The maximum absolute atomic E-state index is 13.0. The summed E-state index contributed by atoms with van der Waals surface area (Å²) in [7, 11) is 6.95. The summed E-state index contributed by atoms with van der Waals surface area (Å²) in [5.74, 6) is -0.185. The second-order valence-electron chi connectivity index (χ2n) is 7.01. The van der Waals surface area contributed by atoms with Gasteiger partial charge in [-0.25, -0.2) is 10.1 Å². The molecule has 30 heavy (non-hydrogen) atoms. The molecule has 0 N–H and O–H groups in total. The lowest BCUT2D eigenvalue weighted by atomic mass is 9.98. The Morgan fingerprint density at radius 1 is 1.03 bits per heavy atom. The number of amides is 1. The van der Waals surface area contributed by atoms with Crippen molar-refractivity contribution in [2.75, 3.05) is 28.3 Å². The van der Waals surface area contributed by atoms with Gasteiger partial charge in [-0.15, -0.1) is 11.3 Å². The van der Waals surface area contributed by atoms with Crippen LogP contribution < -0.4 is 0 Å². The standard InChI is InChI=1S/C23H24ClN3O2S/c1-15-20(16-8-12-19(13-9-16)25-14-26(2)3)22(23(28)27(4)29-5)30-21(15)17-6-10-18(24)11-7-17/h6-14H,1-5H3. The summed E-state index contributed by atoms with van der Waals surface area (Å²) in [6, 6.07) is 15.5. The molecular weight excluding hydrogens is 418 g/mol. The quantitative estimate of drug-likeness (QED) is 0.272. The Morgan fingerprint density at radius 3 is 2.20 bits per heavy atom. The molecule has 1 aromatic heterocycles. The molecule has 0 aliphatic carbocycles. The molecule has 0 spiro atoms. The van der Waals surface area contributed by atoms with E-state index in [4.69, 9.17) is 16.4 Å². The third-order valence-electron chi connectivity index (χ3n) is 4.60. The van der Waals surface area contributed by atoms with Crippen molar-refractivity contribution in [1.82, 2.24) is 9.96 Å². The normalized spacial score (nSPS) is 11.1. The third kappa shape index (κ3) is 4.73. The van der Waals surface area contributed by atoms with Gasteiger partial charge >= 0.3 is 0 Å². The van der Waals surface area contributed by atoms with Gasteiger partial charge in [0.15, 0.2) is 0 Å². The average molecular weight is 442 g/mol. The summed E-state index contributed by atoms with van der Waals surface area (Å²) in [6.45, 7) is 2.04. The van der Waals surface area contributed by atoms with Crippen molar-refractivity contribution in [2.24, 2.45) is 4.99 Å². The van der Waals surface area contributed by atoms with Gasteiger partial charge in [0.2, 0.25) is 0 Å². The van der Waals surface area contributed by atoms with E-state index in [0.717, 1.165) is 32.8 Å². The van der Waals surface area contributed by atoms with E-state index in [2.05, 4.69) is 4.99 Å². The molecule has 5 nitrogen and oxygen atoms in total. The lowest BCUT2D eigenvalue weighted by Crippen LogP contribution is -2.25. The molecule has 156 valence electrons. The van der Waals surface area contributed by atoms with Crippen LogP contribution in [0.25, 0.3) is 21.6 Å². The number of carbonyl (C=O) groups excluding carboxylic acids is 1. The van der Waals surface area contributed by atoms with E-state index in [-0.39, 0.29) is 5.91 Å². The smallest absolute Gasteiger partial charge is 0.287 e. The molecule has 0 atom stereocenters. The van der Waals surface area contributed by atoms with Gasteiger partial charge in [-0.05, 0) is 47.9 Å². The van der Waals surface area contributed by atoms with E-state index in [1.54, 1.807) is 13.4 Å². The van der Waals surface area contributed by atoms with Crippen LogP contribution in [0.15, 0.2) is 53.5 Å². The van der Waals surface area contributed by atoms with Crippen molar-refractivity contribution in [3.63, 3.8) is 0 Å². The van der Waals surface area contributed by atoms with Crippen LogP contribution in [-0.2, 0) is 4.84 Å². The molecule has 0 bridgehead atoms. The third-order valence-corrected chi connectivity index (χ3v) is 6.18. The Bertz CT molecular complexity index is 1060. The molecule has 1 heterocycles. The summed E-state index contributed by atoms with van der Waals surface area (Å²) in [6.07, 6.45) is 1.76. The Balaban J connectivity index is 2.11. The summed E-state index contributed by atoms with van der Waals surface area (Å²) in [5.41, 5.74) is 4.77. The zero-order valence-corrected chi connectivity index (χ0v) is 19.2. The number of carbonyl (C=O) groups is 1. The average Bonchev–Trinajstić information content (AvgIpc) is 3.09. The molecule has 0 unspecified atom stereocenters. The van der Waals surface area contributed by atoms with Crippen LogP contribution in [0.3, 0.4) is 0 Å². The van der Waals surface area contributed by atoms with Gasteiger partial charge in [0, 0.05) is 36.6 Å². The van der Waals surface area contributed by atoms with Crippen LogP contribution in [0.1, 0.15) is 15.2 Å². The van der Waals surface area contributed by atoms with Crippen molar-refractivity contribution in [3.05, 3.63) is 64.0 Å². The Kier molecular flexibility index (Phi) is 6.92. The summed E-state index contributed by atoms with van der Waals surface area (Å²) in [4.78, 5) is 26.1. The van der Waals surface area contributed by atoms with Gasteiger partial charge in [0.25, 0.3) is 5.91 Å². The number of rotatable bonds is 6. The summed E-state index contributed by atoms with van der Waals surface area (Å²) < 4.78 is 0. The number of thiophene rings is 1. The number of hydrogen-bond donors (Lipinski definition) is 0. The fourth-order valence-electron chi connectivity index (χ4n) is 3.01. The molecule has 3 aromatic rings. The number of halogens is 1. The molecule has 3 rings (SSSR count). The highest BCUT2D eigenvalue weighted by atomic mass is 35.5. The molecule has 0 saturated carbocycles. The minimum absolute atomic E-state index is 0.185. The van der Waals surface area contributed by atoms with Crippen molar-refractivity contribution >= 4 is 40.9 Å². The zero-order chi connectivity index (χ0) is 21.8. The fraction of sp³-hybridized carbons (Fsp3) is 0.217. The lowest BCUT2D eigenvalue weighted by molar-refractivity contribution is -0.0753. The second-order valence-corrected chi connectivity index (χ2v) is 8.46. The Hall–Kier alpha value is -2.67. The Labute approximate surface area is 186 Å².